The van der Waals surface area contributed by atoms with E-state index in [0.29, 0.717) is 12.1 Å². The van der Waals surface area contributed by atoms with Gasteiger partial charge in [0.15, 0.2) is 0 Å². The SMILES string of the molecule is CC1CC(=O)N1OCc1cccc(NC(=O)OC(C)(C)C)c1. The molecule has 1 aliphatic heterocycles. The molecule has 1 saturated heterocycles. The lowest BCUT2D eigenvalue weighted by atomic mass is 10.1. The van der Waals surface area contributed by atoms with E-state index in [1.165, 1.54) is 5.06 Å². The molecule has 6 heteroatoms. The molecule has 1 fully saturated rings. The highest BCUT2D eigenvalue weighted by Gasteiger charge is 2.33. The molecule has 1 aromatic rings. The Morgan fingerprint density at radius 1 is 1.41 bits per heavy atom. The van der Waals surface area contributed by atoms with Crippen LogP contribution in [-0.4, -0.2) is 28.7 Å². The van der Waals surface area contributed by atoms with Gasteiger partial charge in [0, 0.05) is 5.69 Å². The van der Waals surface area contributed by atoms with Gasteiger partial charge in [0.2, 0.25) is 5.91 Å². The van der Waals surface area contributed by atoms with Crippen molar-refractivity contribution in [1.82, 2.24) is 5.06 Å². The Balaban J connectivity index is 1.89. The van der Waals surface area contributed by atoms with E-state index in [9.17, 15) is 9.59 Å². The molecular weight excluding hydrogens is 284 g/mol. The zero-order valence-electron chi connectivity index (χ0n) is 13.4. The van der Waals surface area contributed by atoms with Crippen LogP contribution in [0.1, 0.15) is 39.7 Å². The molecule has 1 N–H and O–H groups in total. The van der Waals surface area contributed by atoms with Crippen LogP contribution >= 0.6 is 0 Å². The number of amides is 2. The number of rotatable bonds is 4. The summed E-state index contributed by atoms with van der Waals surface area (Å²) in [5, 5.41) is 4.06. The summed E-state index contributed by atoms with van der Waals surface area (Å²) < 4.78 is 5.20. The van der Waals surface area contributed by atoms with E-state index in [0.717, 1.165) is 5.56 Å². The molecule has 0 aromatic heterocycles. The van der Waals surface area contributed by atoms with Crippen LogP contribution in [0.25, 0.3) is 0 Å². The Morgan fingerprint density at radius 3 is 2.73 bits per heavy atom. The number of hydrogen-bond acceptors (Lipinski definition) is 4. The molecule has 1 heterocycles. The summed E-state index contributed by atoms with van der Waals surface area (Å²) in [6.07, 6.45) is 0.0253. The molecule has 0 radical (unpaired) electrons. The zero-order valence-corrected chi connectivity index (χ0v) is 13.4. The predicted molar refractivity (Wildman–Crippen MR) is 82.0 cm³/mol. The molecule has 0 saturated carbocycles. The van der Waals surface area contributed by atoms with Crippen LogP contribution in [0.3, 0.4) is 0 Å². The molecule has 6 nitrogen and oxygen atoms in total. The fourth-order valence-corrected chi connectivity index (χ4v) is 2.06. The third kappa shape index (κ3) is 4.46. The number of ether oxygens (including phenoxy) is 1. The van der Waals surface area contributed by atoms with Gasteiger partial charge >= 0.3 is 6.09 Å². The van der Waals surface area contributed by atoms with E-state index in [2.05, 4.69) is 5.32 Å². The summed E-state index contributed by atoms with van der Waals surface area (Å²) in [6.45, 7) is 7.63. The van der Waals surface area contributed by atoms with Crippen molar-refractivity contribution >= 4 is 17.7 Å². The number of hydroxylamine groups is 2. The van der Waals surface area contributed by atoms with Gasteiger partial charge in [-0.05, 0) is 45.4 Å². The maximum atomic E-state index is 11.7. The highest BCUT2D eigenvalue weighted by molar-refractivity contribution is 5.85. The molecule has 0 aliphatic carbocycles. The van der Waals surface area contributed by atoms with Crippen LogP contribution in [0.2, 0.25) is 0 Å². The first-order valence-electron chi connectivity index (χ1n) is 7.28. The average molecular weight is 306 g/mol. The van der Waals surface area contributed by atoms with Gasteiger partial charge in [-0.1, -0.05) is 12.1 Å². The molecule has 0 spiro atoms. The second-order valence-electron chi connectivity index (χ2n) is 6.37. The number of nitrogens with zero attached hydrogens (tertiary/aromatic N) is 1. The minimum atomic E-state index is -0.543. The maximum Gasteiger partial charge on any atom is 0.412 e. The van der Waals surface area contributed by atoms with Crippen molar-refractivity contribution in [2.75, 3.05) is 5.32 Å². The lowest BCUT2D eigenvalue weighted by molar-refractivity contribution is -0.230. The fourth-order valence-electron chi connectivity index (χ4n) is 2.06. The number of nitrogens with one attached hydrogen (secondary N) is 1. The van der Waals surface area contributed by atoms with E-state index in [1.54, 1.807) is 12.1 Å². The summed E-state index contributed by atoms with van der Waals surface area (Å²) in [5.74, 6) is -0.00413. The molecule has 1 unspecified atom stereocenters. The highest BCUT2D eigenvalue weighted by atomic mass is 16.7. The first-order chi connectivity index (χ1) is 10.2. The minimum Gasteiger partial charge on any atom is -0.444 e. The van der Waals surface area contributed by atoms with Crippen molar-refractivity contribution in [3.8, 4) is 0 Å². The summed E-state index contributed by atoms with van der Waals surface area (Å²) in [5.41, 5.74) is 0.942. The number of benzene rings is 1. The standard InChI is InChI=1S/C16H22N2O4/c1-11-8-14(19)18(11)21-10-12-6-5-7-13(9-12)17-15(20)22-16(2,3)4/h5-7,9,11H,8,10H2,1-4H3,(H,17,20). The first kappa shape index (κ1) is 16.3. The molecule has 120 valence electrons. The number of carbonyl (C=O) groups excluding carboxylic acids is 2. The Morgan fingerprint density at radius 2 is 2.14 bits per heavy atom. The zero-order chi connectivity index (χ0) is 16.3. The molecule has 22 heavy (non-hydrogen) atoms. The van der Waals surface area contributed by atoms with Crippen molar-refractivity contribution in [3.63, 3.8) is 0 Å². The Labute approximate surface area is 130 Å². The van der Waals surface area contributed by atoms with Gasteiger partial charge in [-0.15, -0.1) is 0 Å². The normalized spacial score (nSPS) is 17.9. The van der Waals surface area contributed by atoms with Gasteiger partial charge in [0.25, 0.3) is 0 Å². The molecule has 1 atom stereocenters. The van der Waals surface area contributed by atoms with Crippen molar-refractivity contribution < 1.29 is 19.2 Å². The summed E-state index contributed by atoms with van der Waals surface area (Å²) in [7, 11) is 0. The second-order valence-corrected chi connectivity index (χ2v) is 6.37. The third-order valence-electron chi connectivity index (χ3n) is 3.06. The van der Waals surface area contributed by atoms with E-state index in [4.69, 9.17) is 9.57 Å². The third-order valence-corrected chi connectivity index (χ3v) is 3.06. The summed E-state index contributed by atoms with van der Waals surface area (Å²) in [6, 6.07) is 7.36. The average Bonchev–Trinajstić information content (AvgIpc) is 2.36. The maximum absolute atomic E-state index is 11.7. The van der Waals surface area contributed by atoms with E-state index in [1.807, 2.05) is 39.8 Å². The lowest BCUT2D eigenvalue weighted by Crippen LogP contribution is -2.50. The Hall–Kier alpha value is -2.08. The van der Waals surface area contributed by atoms with Gasteiger partial charge in [-0.25, -0.2) is 9.86 Å². The van der Waals surface area contributed by atoms with Crippen molar-refractivity contribution in [1.29, 1.82) is 0 Å². The molecule has 1 aliphatic rings. The van der Waals surface area contributed by atoms with Crippen molar-refractivity contribution in [2.24, 2.45) is 0 Å². The van der Waals surface area contributed by atoms with E-state index < -0.39 is 11.7 Å². The van der Waals surface area contributed by atoms with Gasteiger partial charge in [-0.3, -0.25) is 14.9 Å². The molecule has 2 amide bonds. The van der Waals surface area contributed by atoms with Crippen LogP contribution in [0.4, 0.5) is 10.5 Å². The molecule has 2 rings (SSSR count). The number of anilines is 1. The minimum absolute atomic E-state index is 0.00413. The van der Waals surface area contributed by atoms with Gasteiger partial charge in [0.05, 0.1) is 12.5 Å². The van der Waals surface area contributed by atoms with E-state index in [-0.39, 0.29) is 18.6 Å². The molecule has 1 aromatic carbocycles. The van der Waals surface area contributed by atoms with Gasteiger partial charge in [-0.2, -0.15) is 0 Å². The Bertz CT molecular complexity index is 566. The molecule has 0 bridgehead atoms. The van der Waals surface area contributed by atoms with Crippen LogP contribution in [0.15, 0.2) is 24.3 Å². The fraction of sp³-hybridized carbons (Fsp3) is 0.500. The largest absolute Gasteiger partial charge is 0.444 e. The summed E-state index contributed by atoms with van der Waals surface area (Å²) in [4.78, 5) is 28.5. The summed E-state index contributed by atoms with van der Waals surface area (Å²) >= 11 is 0. The first-order valence-corrected chi connectivity index (χ1v) is 7.28. The number of hydrogen-bond donors (Lipinski definition) is 1. The topological polar surface area (TPSA) is 67.9 Å². The van der Waals surface area contributed by atoms with Crippen LogP contribution < -0.4 is 5.32 Å². The smallest absolute Gasteiger partial charge is 0.412 e. The Kier molecular flexibility index (Phi) is 4.71. The number of β-lactam (4-membered cyclic amide) rings is 1. The van der Waals surface area contributed by atoms with Crippen LogP contribution in [0.5, 0.6) is 0 Å². The highest BCUT2D eigenvalue weighted by Crippen LogP contribution is 2.21. The lowest BCUT2D eigenvalue weighted by Gasteiger charge is -2.36. The van der Waals surface area contributed by atoms with Crippen LogP contribution in [0, 0.1) is 0 Å². The predicted octanol–water partition coefficient (Wildman–Crippen LogP) is 3.09. The van der Waals surface area contributed by atoms with Crippen molar-refractivity contribution in [2.45, 2.75) is 52.4 Å². The quantitative estimate of drug-likeness (QED) is 0.868. The second kappa shape index (κ2) is 6.36. The van der Waals surface area contributed by atoms with E-state index >= 15 is 0 Å². The van der Waals surface area contributed by atoms with Crippen LogP contribution in [-0.2, 0) is 21.0 Å². The van der Waals surface area contributed by atoms with Gasteiger partial charge in [0.1, 0.15) is 12.2 Å². The monoisotopic (exact) mass is 306 g/mol. The van der Waals surface area contributed by atoms with Gasteiger partial charge < -0.3 is 4.74 Å². The van der Waals surface area contributed by atoms with Crippen molar-refractivity contribution in [3.05, 3.63) is 29.8 Å². The molecular formula is C16H22N2O4. The number of carbonyl (C=O) groups is 2.